The molecule has 11 heteroatoms. The fourth-order valence-corrected chi connectivity index (χ4v) is 3.51. The van der Waals surface area contributed by atoms with E-state index < -0.39 is 38.9 Å². The minimum absolute atomic E-state index is 0.0773. The van der Waals surface area contributed by atoms with Gasteiger partial charge in [0.1, 0.15) is 5.03 Å². The average Bonchev–Trinajstić information content (AvgIpc) is 2.43. The van der Waals surface area contributed by atoms with Crippen LogP contribution in [0.4, 0.5) is 13.2 Å². The predicted octanol–water partition coefficient (Wildman–Crippen LogP) is 4.17. The van der Waals surface area contributed by atoms with Gasteiger partial charge in [-0.25, -0.2) is 4.98 Å². The lowest BCUT2D eigenvalue weighted by atomic mass is 10.0. The summed E-state index contributed by atoms with van der Waals surface area (Å²) in [5, 5.41) is -0.689. The van der Waals surface area contributed by atoms with Crippen LogP contribution < -0.4 is 4.18 Å². The van der Waals surface area contributed by atoms with Crippen LogP contribution in [0.5, 0.6) is 5.75 Å². The number of rotatable bonds is 4. The Morgan fingerprint density at radius 3 is 2.36 bits per heavy atom. The van der Waals surface area contributed by atoms with Crippen LogP contribution in [-0.4, -0.2) is 31.7 Å². The highest BCUT2D eigenvalue weighted by Gasteiger charge is 2.36. The van der Waals surface area contributed by atoms with Crippen LogP contribution in [0.25, 0.3) is 10.9 Å². The maximum atomic E-state index is 13.3. The van der Waals surface area contributed by atoms with Gasteiger partial charge in [0.25, 0.3) is 0 Å². The molecule has 1 aromatic heterocycles. The number of Topliss-reactive ketones (excluding diaryl/α,β-unsaturated/α-hetero) is 1. The van der Waals surface area contributed by atoms with Gasteiger partial charge in [0.15, 0.2) is 11.5 Å². The molecule has 2 rings (SSSR count). The first-order valence-electron chi connectivity index (χ1n) is 6.54. The molecule has 0 radical (unpaired) electrons. The first-order chi connectivity index (χ1) is 11.3. The summed E-state index contributed by atoms with van der Waals surface area (Å²) in [5.74, 6) is -1.12. The van der Waals surface area contributed by atoms with Crippen molar-refractivity contribution in [3.63, 3.8) is 0 Å². The second-order valence-electron chi connectivity index (χ2n) is 5.02. The number of carbonyl (C=O) groups is 1. The minimum Gasteiger partial charge on any atom is -0.381 e. The van der Waals surface area contributed by atoms with Gasteiger partial charge < -0.3 is 4.18 Å². The summed E-state index contributed by atoms with van der Waals surface area (Å²) < 4.78 is 68.0. The molecule has 0 bridgehead atoms. The van der Waals surface area contributed by atoms with E-state index in [1.165, 1.54) is 6.26 Å². The average molecular weight is 414 g/mol. The normalized spacial score (nSPS) is 12.4. The van der Waals surface area contributed by atoms with E-state index in [9.17, 15) is 26.4 Å². The number of fused-ring (bicyclic) bond motifs is 1. The molecular weight excluding hydrogens is 403 g/mol. The maximum Gasteiger partial charge on any atom is 0.418 e. The van der Waals surface area contributed by atoms with Crippen LogP contribution in [0.15, 0.2) is 17.2 Å². The number of nitrogens with zero attached hydrogens (tertiary/aromatic N) is 1. The Morgan fingerprint density at radius 2 is 1.92 bits per heavy atom. The minimum atomic E-state index is -4.79. The van der Waals surface area contributed by atoms with Crippen molar-refractivity contribution >= 4 is 50.2 Å². The van der Waals surface area contributed by atoms with Crippen molar-refractivity contribution in [2.24, 2.45) is 0 Å². The zero-order chi connectivity index (χ0) is 19.2. The molecule has 136 valence electrons. The van der Waals surface area contributed by atoms with E-state index in [0.717, 1.165) is 31.0 Å². The summed E-state index contributed by atoms with van der Waals surface area (Å²) in [5.41, 5.74) is -1.93. The highest BCUT2D eigenvalue weighted by Crippen LogP contribution is 2.42. The molecule has 0 spiro atoms. The molecular formula is C14H11ClF3NO4S2. The van der Waals surface area contributed by atoms with Crippen molar-refractivity contribution in [1.29, 1.82) is 0 Å². The zero-order valence-electron chi connectivity index (χ0n) is 13.1. The highest BCUT2D eigenvalue weighted by atomic mass is 35.5. The predicted molar refractivity (Wildman–Crippen MR) is 89.0 cm³/mol. The number of thioether (sulfide) groups is 1. The van der Waals surface area contributed by atoms with E-state index in [1.807, 2.05) is 0 Å². The van der Waals surface area contributed by atoms with E-state index in [0.29, 0.717) is 6.07 Å². The summed E-state index contributed by atoms with van der Waals surface area (Å²) in [6.07, 6.45) is -2.57. The third kappa shape index (κ3) is 4.18. The molecule has 0 fully saturated rings. The van der Waals surface area contributed by atoms with Crippen molar-refractivity contribution < 1.29 is 30.6 Å². The molecule has 5 nitrogen and oxygen atoms in total. The third-order valence-electron chi connectivity index (χ3n) is 3.06. The van der Waals surface area contributed by atoms with Crippen LogP contribution >= 0.6 is 23.4 Å². The first-order valence-corrected chi connectivity index (χ1v) is 9.96. The molecule has 0 aliphatic carbocycles. The van der Waals surface area contributed by atoms with Gasteiger partial charge in [-0.1, -0.05) is 11.6 Å². The molecule has 1 heterocycles. The number of benzene rings is 1. The highest BCUT2D eigenvalue weighted by molar-refractivity contribution is 7.98. The lowest BCUT2D eigenvalue weighted by Crippen LogP contribution is -2.13. The molecule has 0 N–H and O–H groups in total. The van der Waals surface area contributed by atoms with Crippen LogP contribution in [0, 0.1) is 0 Å². The standard InChI is InChI=1S/C14H11ClF3NO4S2/c1-6(20)10-12(23-25(3,21)22)8-4-7(15)5-9(14(16,17)18)11(8)19-13(10)24-2/h4-5H,1-3H3. The number of hydrogen-bond donors (Lipinski definition) is 0. The van der Waals surface area contributed by atoms with Gasteiger partial charge in [-0.15, -0.1) is 11.8 Å². The fourth-order valence-electron chi connectivity index (χ4n) is 2.19. The van der Waals surface area contributed by atoms with Crippen molar-refractivity contribution in [1.82, 2.24) is 4.98 Å². The third-order valence-corrected chi connectivity index (χ3v) is 4.43. The second-order valence-corrected chi connectivity index (χ2v) is 7.82. The summed E-state index contributed by atoms with van der Waals surface area (Å²) >= 11 is 6.65. The molecule has 0 aliphatic heterocycles. The SMILES string of the molecule is CSc1nc2c(C(F)(F)F)cc(Cl)cc2c(OS(C)(=O)=O)c1C(C)=O. The van der Waals surface area contributed by atoms with Gasteiger partial charge in [-0.3, -0.25) is 4.79 Å². The van der Waals surface area contributed by atoms with E-state index in [1.54, 1.807) is 0 Å². The largest absolute Gasteiger partial charge is 0.418 e. The number of halogens is 4. The number of pyridine rings is 1. The van der Waals surface area contributed by atoms with Gasteiger partial charge in [0.2, 0.25) is 0 Å². The lowest BCUT2D eigenvalue weighted by Gasteiger charge is -2.17. The lowest BCUT2D eigenvalue weighted by molar-refractivity contribution is -0.136. The summed E-state index contributed by atoms with van der Waals surface area (Å²) in [4.78, 5) is 15.9. The molecule has 0 atom stereocenters. The van der Waals surface area contributed by atoms with E-state index in [2.05, 4.69) is 4.98 Å². The Morgan fingerprint density at radius 1 is 1.32 bits per heavy atom. The van der Waals surface area contributed by atoms with Gasteiger partial charge in [0.05, 0.1) is 22.9 Å². The molecule has 0 amide bonds. The van der Waals surface area contributed by atoms with E-state index >= 15 is 0 Å². The van der Waals surface area contributed by atoms with Gasteiger partial charge >= 0.3 is 16.3 Å². The number of alkyl halides is 3. The van der Waals surface area contributed by atoms with Crippen molar-refractivity contribution in [2.45, 2.75) is 18.1 Å². The van der Waals surface area contributed by atoms with Crippen LogP contribution in [-0.2, 0) is 16.3 Å². The molecule has 1 aromatic carbocycles. The molecule has 25 heavy (non-hydrogen) atoms. The number of ketones is 1. The van der Waals surface area contributed by atoms with E-state index in [4.69, 9.17) is 15.8 Å². The quantitative estimate of drug-likeness (QED) is 0.425. The number of carbonyl (C=O) groups excluding carboxylic acids is 1. The Hall–Kier alpha value is -1.52. The number of hydrogen-bond acceptors (Lipinski definition) is 6. The summed E-state index contributed by atoms with van der Waals surface area (Å²) in [6.45, 7) is 1.13. The maximum absolute atomic E-state index is 13.3. The van der Waals surface area contributed by atoms with Gasteiger partial charge in [-0.2, -0.15) is 21.6 Å². The summed E-state index contributed by atoms with van der Waals surface area (Å²) in [7, 11) is -4.12. The first kappa shape index (κ1) is 19.8. The number of aromatic nitrogens is 1. The Labute approximate surface area is 150 Å². The molecule has 2 aromatic rings. The molecule has 0 saturated heterocycles. The zero-order valence-corrected chi connectivity index (χ0v) is 15.5. The van der Waals surface area contributed by atoms with E-state index in [-0.39, 0.29) is 21.0 Å². The van der Waals surface area contributed by atoms with Gasteiger partial charge in [-0.05, 0) is 25.3 Å². The topological polar surface area (TPSA) is 73.3 Å². The molecule has 0 aliphatic rings. The van der Waals surface area contributed by atoms with Crippen molar-refractivity contribution in [3.05, 3.63) is 28.3 Å². The van der Waals surface area contributed by atoms with Crippen LogP contribution in [0.2, 0.25) is 5.02 Å². The fraction of sp³-hybridized carbons (Fsp3) is 0.286. The summed E-state index contributed by atoms with van der Waals surface area (Å²) in [6, 6.07) is 1.76. The Bertz CT molecular complexity index is 974. The smallest absolute Gasteiger partial charge is 0.381 e. The Balaban J connectivity index is 3.09. The van der Waals surface area contributed by atoms with Crippen molar-refractivity contribution in [3.8, 4) is 5.75 Å². The Kier molecular flexibility index (Phi) is 5.27. The molecule has 0 saturated carbocycles. The monoisotopic (exact) mass is 413 g/mol. The second kappa shape index (κ2) is 6.65. The van der Waals surface area contributed by atoms with Crippen LogP contribution in [0.1, 0.15) is 22.8 Å². The van der Waals surface area contributed by atoms with Crippen molar-refractivity contribution in [2.75, 3.05) is 12.5 Å². The van der Waals surface area contributed by atoms with Crippen LogP contribution in [0.3, 0.4) is 0 Å². The van der Waals surface area contributed by atoms with Gasteiger partial charge in [0, 0.05) is 10.4 Å². The molecule has 0 unspecified atom stereocenters.